The lowest BCUT2D eigenvalue weighted by molar-refractivity contribution is 1.11. The molecular weight excluding hydrogens is 176 g/mol. The molecule has 0 aliphatic rings. The van der Waals surface area contributed by atoms with Crippen molar-refractivity contribution >= 4 is 28.2 Å². The number of nitrogens with zero attached hydrogens (tertiary/aromatic N) is 2. The molecular formula is C7H7ClN4. The number of aromatic amines is 1. The van der Waals surface area contributed by atoms with E-state index in [4.69, 9.17) is 11.6 Å². The fraction of sp³-hybridized carbons (Fsp3) is 0.143. The van der Waals surface area contributed by atoms with Crippen LogP contribution >= 0.6 is 11.6 Å². The molecule has 0 aliphatic heterocycles. The van der Waals surface area contributed by atoms with Crippen LogP contribution < -0.4 is 5.32 Å². The highest BCUT2D eigenvalue weighted by Crippen LogP contribution is 2.26. The van der Waals surface area contributed by atoms with Crippen molar-refractivity contribution in [3.63, 3.8) is 0 Å². The average Bonchev–Trinajstić information content (AvgIpc) is 2.48. The van der Waals surface area contributed by atoms with Crippen LogP contribution in [0.15, 0.2) is 12.4 Å². The molecule has 0 atom stereocenters. The maximum absolute atomic E-state index is 5.87. The van der Waals surface area contributed by atoms with Crippen molar-refractivity contribution in [2.75, 3.05) is 12.4 Å². The van der Waals surface area contributed by atoms with Gasteiger partial charge in [0.2, 0.25) is 0 Å². The van der Waals surface area contributed by atoms with Gasteiger partial charge in [-0.2, -0.15) is 5.10 Å². The smallest absolute Gasteiger partial charge is 0.134 e. The van der Waals surface area contributed by atoms with Gasteiger partial charge >= 0.3 is 0 Å². The molecule has 0 aromatic carbocycles. The number of anilines is 1. The fourth-order valence-electron chi connectivity index (χ4n) is 1.12. The second-order valence-electron chi connectivity index (χ2n) is 2.37. The molecule has 0 saturated carbocycles. The zero-order valence-corrected chi connectivity index (χ0v) is 7.18. The number of H-pyrrole nitrogens is 1. The lowest BCUT2D eigenvalue weighted by atomic mass is 10.3. The van der Waals surface area contributed by atoms with E-state index in [0.717, 1.165) is 16.6 Å². The minimum atomic E-state index is 0.539. The van der Waals surface area contributed by atoms with Gasteiger partial charge in [-0.25, -0.2) is 0 Å². The molecule has 2 N–H and O–H groups in total. The van der Waals surface area contributed by atoms with Crippen LogP contribution in [0.5, 0.6) is 0 Å². The first-order valence-corrected chi connectivity index (χ1v) is 3.86. The molecule has 0 saturated heterocycles. The average molecular weight is 183 g/mol. The summed E-state index contributed by atoms with van der Waals surface area (Å²) in [6.45, 7) is 0. The Bertz CT molecular complexity index is 409. The van der Waals surface area contributed by atoms with Gasteiger partial charge in [0.15, 0.2) is 0 Å². The van der Waals surface area contributed by atoms with Crippen LogP contribution in [0.4, 0.5) is 5.69 Å². The summed E-state index contributed by atoms with van der Waals surface area (Å²) in [5, 5.41) is 11.1. The molecule has 0 fully saturated rings. The first-order chi connectivity index (χ1) is 5.83. The van der Waals surface area contributed by atoms with E-state index in [0.29, 0.717) is 5.15 Å². The number of rotatable bonds is 1. The van der Waals surface area contributed by atoms with E-state index in [1.807, 2.05) is 7.05 Å². The Morgan fingerprint density at radius 1 is 1.50 bits per heavy atom. The van der Waals surface area contributed by atoms with Crippen molar-refractivity contribution in [1.29, 1.82) is 0 Å². The molecule has 62 valence electrons. The highest BCUT2D eigenvalue weighted by Gasteiger charge is 2.06. The van der Waals surface area contributed by atoms with Crippen molar-refractivity contribution in [2.45, 2.75) is 0 Å². The monoisotopic (exact) mass is 182 g/mol. The summed E-state index contributed by atoms with van der Waals surface area (Å²) in [6.07, 6.45) is 3.38. The Balaban J connectivity index is 2.84. The van der Waals surface area contributed by atoms with Crippen LogP contribution in [0.1, 0.15) is 0 Å². The molecule has 0 amide bonds. The van der Waals surface area contributed by atoms with Crippen LogP contribution in [-0.2, 0) is 0 Å². The molecule has 5 heteroatoms. The molecule has 2 rings (SSSR count). The Hall–Kier alpha value is -1.29. The molecule has 2 aromatic heterocycles. The Kier molecular flexibility index (Phi) is 1.62. The van der Waals surface area contributed by atoms with Gasteiger partial charge in [-0.15, -0.1) is 0 Å². The Labute approximate surface area is 73.9 Å². The third-order valence-corrected chi connectivity index (χ3v) is 1.96. The predicted molar refractivity (Wildman–Crippen MR) is 48.4 cm³/mol. The van der Waals surface area contributed by atoms with Gasteiger partial charge in [-0.3, -0.25) is 10.1 Å². The molecule has 0 unspecified atom stereocenters. The SMILES string of the molecule is CNc1cncc2n[nH]c(Cl)c12. The molecule has 2 heterocycles. The van der Waals surface area contributed by atoms with Gasteiger partial charge in [-0.05, 0) is 0 Å². The Morgan fingerprint density at radius 3 is 3.08 bits per heavy atom. The summed E-state index contributed by atoms with van der Waals surface area (Å²) in [5.74, 6) is 0. The van der Waals surface area contributed by atoms with Crippen LogP contribution in [0, 0.1) is 0 Å². The molecule has 2 aromatic rings. The first-order valence-electron chi connectivity index (χ1n) is 3.48. The maximum Gasteiger partial charge on any atom is 0.134 e. The number of hydrogen-bond acceptors (Lipinski definition) is 3. The normalized spacial score (nSPS) is 10.5. The van der Waals surface area contributed by atoms with Gasteiger partial charge in [0, 0.05) is 7.05 Å². The zero-order valence-electron chi connectivity index (χ0n) is 6.43. The van der Waals surface area contributed by atoms with Gasteiger partial charge < -0.3 is 5.32 Å². The topological polar surface area (TPSA) is 53.6 Å². The zero-order chi connectivity index (χ0) is 8.55. The summed E-state index contributed by atoms with van der Waals surface area (Å²) in [5.41, 5.74) is 1.65. The fourth-order valence-corrected chi connectivity index (χ4v) is 1.36. The summed E-state index contributed by atoms with van der Waals surface area (Å²) >= 11 is 5.87. The van der Waals surface area contributed by atoms with Crippen molar-refractivity contribution in [2.24, 2.45) is 0 Å². The number of nitrogens with one attached hydrogen (secondary N) is 2. The largest absolute Gasteiger partial charge is 0.386 e. The van der Waals surface area contributed by atoms with Crippen molar-refractivity contribution in [3.8, 4) is 0 Å². The lowest BCUT2D eigenvalue weighted by Gasteiger charge is -1.98. The van der Waals surface area contributed by atoms with Gasteiger partial charge in [-0.1, -0.05) is 11.6 Å². The van der Waals surface area contributed by atoms with Crippen molar-refractivity contribution in [3.05, 3.63) is 17.5 Å². The van der Waals surface area contributed by atoms with Crippen LogP contribution in [-0.4, -0.2) is 22.2 Å². The van der Waals surface area contributed by atoms with E-state index >= 15 is 0 Å². The molecule has 0 bridgehead atoms. The third kappa shape index (κ3) is 0.921. The number of pyridine rings is 1. The lowest BCUT2D eigenvalue weighted by Crippen LogP contribution is -1.89. The van der Waals surface area contributed by atoms with Crippen LogP contribution in [0.3, 0.4) is 0 Å². The van der Waals surface area contributed by atoms with Crippen LogP contribution in [0.2, 0.25) is 5.15 Å². The third-order valence-electron chi connectivity index (χ3n) is 1.69. The van der Waals surface area contributed by atoms with Crippen molar-refractivity contribution in [1.82, 2.24) is 15.2 Å². The van der Waals surface area contributed by atoms with E-state index in [-0.39, 0.29) is 0 Å². The van der Waals surface area contributed by atoms with E-state index in [2.05, 4.69) is 20.5 Å². The molecule has 4 nitrogen and oxygen atoms in total. The van der Waals surface area contributed by atoms with Gasteiger partial charge in [0.25, 0.3) is 0 Å². The van der Waals surface area contributed by atoms with E-state index in [9.17, 15) is 0 Å². The minimum absolute atomic E-state index is 0.539. The summed E-state index contributed by atoms with van der Waals surface area (Å²) < 4.78 is 0. The molecule has 0 spiro atoms. The van der Waals surface area contributed by atoms with E-state index < -0.39 is 0 Å². The number of aromatic nitrogens is 3. The maximum atomic E-state index is 5.87. The second kappa shape index (κ2) is 2.64. The first kappa shape index (κ1) is 7.36. The Morgan fingerprint density at radius 2 is 2.33 bits per heavy atom. The van der Waals surface area contributed by atoms with E-state index in [1.165, 1.54) is 0 Å². The number of halogens is 1. The quantitative estimate of drug-likeness (QED) is 0.705. The molecule has 0 radical (unpaired) electrons. The van der Waals surface area contributed by atoms with Gasteiger partial charge in [0.1, 0.15) is 10.7 Å². The number of hydrogen-bond donors (Lipinski definition) is 2. The summed E-state index contributed by atoms with van der Waals surface area (Å²) in [6, 6.07) is 0. The second-order valence-corrected chi connectivity index (χ2v) is 2.75. The van der Waals surface area contributed by atoms with Crippen molar-refractivity contribution < 1.29 is 0 Å². The van der Waals surface area contributed by atoms with Gasteiger partial charge in [0.05, 0.1) is 23.5 Å². The van der Waals surface area contributed by atoms with Crippen LogP contribution in [0.25, 0.3) is 10.9 Å². The summed E-state index contributed by atoms with van der Waals surface area (Å²) in [4.78, 5) is 3.99. The standard InChI is InChI=1S/C7H7ClN4/c1-9-4-2-10-3-5-6(4)7(8)12-11-5/h2-3,9H,1H3,(H,11,12). The summed E-state index contributed by atoms with van der Waals surface area (Å²) in [7, 11) is 1.82. The molecule has 12 heavy (non-hydrogen) atoms. The minimum Gasteiger partial charge on any atom is -0.386 e. The highest BCUT2D eigenvalue weighted by atomic mass is 35.5. The predicted octanol–water partition coefficient (Wildman–Crippen LogP) is 1.65. The van der Waals surface area contributed by atoms with E-state index in [1.54, 1.807) is 12.4 Å². The highest BCUT2D eigenvalue weighted by molar-refractivity contribution is 6.35. The molecule has 0 aliphatic carbocycles. The number of fused-ring (bicyclic) bond motifs is 1.